The van der Waals surface area contributed by atoms with Gasteiger partial charge in [0.1, 0.15) is 11.5 Å². The first-order valence-electron chi connectivity index (χ1n) is 7.14. The first-order valence-corrected chi connectivity index (χ1v) is 7.14. The first kappa shape index (κ1) is 13.2. The predicted molar refractivity (Wildman–Crippen MR) is 72.8 cm³/mol. The van der Waals surface area contributed by atoms with Gasteiger partial charge in [-0.3, -0.25) is 9.59 Å². The Hall–Kier alpha value is -1.78. The van der Waals surface area contributed by atoms with Gasteiger partial charge in [-0.2, -0.15) is 0 Å². The van der Waals surface area contributed by atoms with Gasteiger partial charge in [-0.05, 0) is 31.9 Å². The molecular weight excluding hydrogens is 256 g/mol. The van der Waals surface area contributed by atoms with E-state index in [-0.39, 0.29) is 17.7 Å². The lowest BCUT2D eigenvalue weighted by Crippen LogP contribution is -2.34. The summed E-state index contributed by atoms with van der Waals surface area (Å²) >= 11 is 0. The number of carbonyl (C=O) groups is 2. The molecule has 1 atom stereocenters. The minimum Gasteiger partial charge on any atom is -0.464 e. The van der Waals surface area contributed by atoms with Gasteiger partial charge in [0.25, 0.3) is 0 Å². The number of likely N-dealkylation sites (tertiary alicyclic amines) is 1. The zero-order valence-corrected chi connectivity index (χ0v) is 12.0. The molecule has 1 saturated carbocycles. The molecule has 0 aromatic carbocycles. The average Bonchev–Trinajstić information content (AvgIpc) is 3.06. The number of hydrogen-bond donors (Lipinski definition) is 0. The lowest BCUT2D eigenvalue weighted by molar-refractivity contribution is -0.135. The van der Waals surface area contributed by atoms with E-state index >= 15 is 0 Å². The van der Waals surface area contributed by atoms with Crippen LogP contribution in [0.15, 0.2) is 16.5 Å². The van der Waals surface area contributed by atoms with Crippen LogP contribution in [0.5, 0.6) is 0 Å². The van der Waals surface area contributed by atoms with Crippen molar-refractivity contribution in [2.75, 3.05) is 13.6 Å². The van der Waals surface area contributed by atoms with E-state index in [9.17, 15) is 9.59 Å². The topological polar surface area (TPSA) is 53.8 Å². The molecule has 3 rings (SSSR count). The summed E-state index contributed by atoms with van der Waals surface area (Å²) in [4.78, 5) is 27.8. The number of carbonyl (C=O) groups excluding carboxylic acids is 2. The zero-order valence-electron chi connectivity index (χ0n) is 12.0. The molecule has 108 valence electrons. The Balaban J connectivity index is 1.59. The van der Waals surface area contributed by atoms with Crippen LogP contribution in [0.3, 0.4) is 0 Å². The summed E-state index contributed by atoms with van der Waals surface area (Å²) in [7, 11) is 1.77. The summed E-state index contributed by atoms with van der Waals surface area (Å²) in [5.41, 5.74) is 0. The third kappa shape index (κ3) is 2.57. The highest BCUT2D eigenvalue weighted by Crippen LogP contribution is 2.33. The van der Waals surface area contributed by atoms with Crippen LogP contribution in [0, 0.1) is 12.8 Å². The summed E-state index contributed by atoms with van der Waals surface area (Å²) in [6.45, 7) is 2.93. The molecule has 1 aromatic heterocycles. The number of aryl methyl sites for hydroxylation is 1. The van der Waals surface area contributed by atoms with Crippen molar-refractivity contribution in [3.05, 3.63) is 23.7 Å². The van der Waals surface area contributed by atoms with Crippen LogP contribution >= 0.6 is 0 Å². The maximum atomic E-state index is 12.4. The van der Waals surface area contributed by atoms with Crippen molar-refractivity contribution in [2.24, 2.45) is 5.92 Å². The van der Waals surface area contributed by atoms with Gasteiger partial charge in [0.2, 0.25) is 11.8 Å². The molecule has 0 bridgehead atoms. The van der Waals surface area contributed by atoms with E-state index in [4.69, 9.17) is 4.42 Å². The van der Waals surface area contributed by atoms with E-state index in [1.807, 2.05) is 24.0 Å². The third-order valence-corrected chi connectivity index (χ3v) is 4.06. The van der Waals surface area contributed by atoms with Gasteiger partial charge in [0.15, 0.2) is 0 Å². The van der Waals surface area contributed by atoms with E-state index < -0.39 is 0 Å². The lowest BCUT2D eigenvalue weighted by Gasteiger charge is -2.20. The van der Waals surface area contributed by atoms with Crippen molar-refractivity contribution >= 4 is 11.8 Å². The van der Waals surface area contributed by atoms with Crippen LogP contribution < -0.4 is 0 Å². The Morgan fingerprint density at radius 2 is 2.20 bits per heavy atom. The monoisotopic (exact) mass is 276 g/mol. The van der Waals surface area contributed by atoms with Crippen molar-refractivity contribution < 1.29 is 14.0 Å². The Kier molecular flexibility index (Phi) is 3.28. The standard InChI is InChI=1S/C15H20N2O3/c1-10-3-6-13(20-10)9-16(2)15(19)11-7-14(18)17(8-11)12-4-5-12/h3,6,11-12H,4-5,7-9H2,1-2H3/t11-/m1/s1. The molecule has 2 fully saturated rings. The predicted octanol–water partition coefficient (Wildman–Crippen LogP) is 1.56. The Bertz CT molecular complexity index is 533. The van der Waals surface area contributed by atoms with E-state index in [1.165, 1.54) is 0 Å². The normalized spacial score (nSPS) is 22.4. The smallest absolute Gasteiger partial charge is 0.228 e. The second-order valence-corrected chi connectivity index (χ2v) is 5.88. The molecule has 20 heavy (non-hydrogen) atoms. The fraction of sp³-hybridized carbons (Fsp3) is 0.600. The fourth-order valence-electron chi connectivity index (χ4n) is 2.83. The van der Waals surface area contributed by atoms with Gasteiger partial charge in [0.05, 0.1) is 12.5 Å². The van der Waals surface area contributed by atoms with Crippen molar-refractivity contribution in [1.82, 2.24) is 9.80 Å². The second-order valence-electron chi connectivity index (χ2n) is 5.88. The van der Waals surface area contributed by atoms with E-state index in [0.29, 0.717) is 25.6 Å². The van der Waals surface area contributed by atoms with Crippen molar-refractivity contribution in [2.45, 2.75) is 38.8 Å². The van der Waals surface area contributed by atoms with Gasteiger partial charge in [-0.25, -0.2) is 0 Å². The molecule has 5 heteroatoms. The van der Waals surface area contributed by atoms with Gasteiger partial charge < -0.3 is 14.2 Å². The van der Waals surface area contributed by atoms with Crippen LogP contribution in [-0.2, 0) is 16.1 Å². The van der Waals surface area contributed by atoms with Crippen molar-refractivity contribution in [3.8, 4) is 0 Å². The third-order valence-electron chi connectivity index (χ3n) is 4.06. The quantitative estimate of drug-likeness (QED) is 0.838. The highest BCUT2D eigenvalue weighted by Gasteiger charge is 2.42. The SMILES string of the molecule is Cc1ccc(CN(C)C(=O)[C@@H]2CC(=O)N(C3CC3)C2)o1. The number of rotatable bonds is 4. The van der Waals surface area contributed by atoms with Gasteiger partial charge in [0, 0.05) is 26.1 Å². The Morgan fingerprint density at radius 3 is 2.80 bits per heavy atom. The van der Waals surface area contributed by atoms with Gasteiger partial charge in [-0.1, -0.05) is 0 Å². The molecule has 1 aromatic rings. The number of amides is 2. The Morgan fingerprint density at radius 1 is 1.45 bits per heavy atom. The van der Waals surface area contributed by atoms with Gasteiger partial charge in [-0.15, -0.1) is 0 Å². The minimum atomic E-state index is -0.191. The molecule has 0 radical (unpaired) electrons. The largest absolute Gasteiger partial charge is 0.464 e. The summed E-state index contributed by atoms with van der Waals surface area (Å²) in [5.74, 6) is 1.60. The molecule has 2 amide bonds. The maximum Gasteiger partial charge on any atom is 0.228 e. The number of furan rings is 1. The molecule has 5 nitrogen and oxygen atoms in total. The molecule has 1 aliphatic heterocycles. The van der Waals surface area contributed by atoms with Crippen LogP contribution in [0.2, 0.25) is 0 Å². The molecule has 0 N–H and O–H groups in total. The number of nitrogens with zero attached hydrogens (tertiary/aromatic N) is 2. The second kappa shape index (κ2) is 4.96. The summed E-state index contributed by atoms with van der Waals surface area (Å²) < 4.78 is 5.49. The fourth-order valence-corrected chi connectivity index (χ4v) is 2.83. The molecule has 1 saturated heterocycles. The number of hydrogen-bond acceptors (Lipinski definition) is 3. The average molecular weight is 276 g/mol. The lowest BCUT2D eigenvalue weighted by atomic mass is 10.1. The van der Waals surface area contributed by atoms with Crippen LogP contribution in [-0.4, -0.2) is 41.2 Å². The molecule has 1 aliphatic carbocycles. The summed E-state index contributed by atoms with van der Waals surface area (Å²) in [5, 5.41) is 0. The van der Waals surface area contributed by atoms with Crippen LogP contribution in [0.25, 0.3) is 0 Å². The molecule has 2 aliphatic rings. The zero-order chi connectivity index (χ0) is 14.3. The van der Waals surface area contributed by atoms with E-state index in [2.05, 4.69) is 0 Å². The van der Waals surface area contributed by atoms with E-state index in [0.717, 1.165) is 24.4 Å². The summed E-state index contributed by atoms with van der Waals surface area (Å²) in [6, 6.07) is 4.18. The molecule has 0 unspecified atom stereocenters. The highest BCUT2D eigenvalue weighted by atomic mass is 16.3. The first-order chi connectivity index (χ1) is 9.54. The molecule has 0 spiro atoms. The summed E-state index contributed by atoms with van der Waals surface area (Å²) in [6.07, 6.45) is 2.54. The van der Waals surface area contributed by atoms with Crippen LogP contribution in [0.4, 0.5) is 0 Å². The van der Waals surface area contributed by atoms with Crippen molar-refractivity contribution in [3.63, 3.8) is 0 Å². The highest BCUT2D eigenvalue weighted by molar-refractivity contribution is 5.89. The molecule has 2 heterocycles. The minimum absolute atomic E-state index is 0.0375. The van der Waals surface area contributed by atoms with Crippen molar-refractivity contribution in [1.29, 1.82) is 0 Å². The van der Waals surface area contributed by atoms with E-state index in [1.54, 1.807) is 11.9 Å². The van der Waals surface area contributed by atoms with Gasteiger partial charge >= 0.3 is 0 Å². The Labute approximate surface area is 118 Å². The molecular formula is C15H20N2O3. The van der Waals surface area contributed by atoms with Crippen LogP contribution in [0.1, 0.15) is 30.8 Å². The maximum absolute atomic E-state index is 12.4.